The van der Waals surface area contributed by atoms with E-state index in [1.54, 1.807) is 7.11 Å². The van der Waals surface area contributed by atoms with E-state index in [-0.39, 0.29) is 0 Å². The van der Waals surface area contributed by atoms with Crippen molar-refractivity contribution in [3.8, 4) is 0 Å². The number of nitrogens with two attached hydrogens (primary N) is 1. The van der Waals surface area contributed by atoms with E-state index in [2.05, 4.69) is 28.8 Å². The number of nitrogens with zero attached hydrogens (tertiary/aromatic N) is 3. The molecule has 0 bridgehead atoms. The predicted octanol–water partition coefficient (Wildman–Crippen LogP) is 1.00. The molecule has 1 heterocycles. The molecule has 112 valence electrons. The second-order valence-electron chi connectivity index (χ2n) is 5.58. The van der Waals surface area contributed by atoms with Crippen molar-refractivity contribution in [2.75, 3.05) is 53.5 Å². The lowest BCUT2D eigenvalue weighted by Crippen LogP contribution is -2.43. The van der Waals surface area contributed by atoms with E-state index < -0.39 is 0 Å². The lowest BCUT2D eigenvalue weighted by Gasteiger charge is -2.31. The Labute approximate surface area is 117 Å². The lowest BCUT2D eigenvalue weighted by atomic mass is 10.0. The van der Waals surface area contributed by atoms with Gasteiger partial charge in [0, 0.05) is 33.3 Å². The molecule has 0 spiro atoms. The molecule has 0 aromatic heterocycles. The van der Waals surface area contributed by atoms with Gasteiger partial charge < -0.3 is 20.3 Å². The first-order valence-electron chi connectivity index (χ1n) is 7.36. The molecule has 0 amide bonds. The zero-order chi connectivity index (χ0) is 14.1. The van der Waals surface area contributed by atoms with Crippen LogP contribution in [0.1, 0.15) is 26.2 Å². The number of rotatable bonds is 7. The first-order valence-corrected chi connectivity index (χ1v) is 7.36. The van der Waals surface area contributed by atoms with Crippen molar-refractivity contribution in [1.29, 1.82) is 0 Å². The van der Waals surface area contributed by atoms with Crippen LogP contribution in [0.4, 0.5) is 0 Å². The summed E-state index contributed by atoms with van der Waals surface area (Å²) < 4.78 is 5.05. The maximum absolute atomic E-state index is 6.05. The van der Waals surface area contributed by atoms with Crippen LogP contribution in [0.25, 0.3) is 0 Å². The smallest absolute Gasteiger partial charge is 0.191 e. The van der Waals surface area contributed by atoms with E-state index >= 15 is 0 Å². The number of likely N-dealkylation sites (N-methyl/N-ethyl adjacent to an activating group) is 1. The third kappa shape index (κ3) is 6.78. The molecule has 0 aliphatic carbocycles. The zero-order valence-electron chi connectivity index (χ0n) is 12.8. The summed E-state index contributed by atoms with van der Waals surface area (Å²) in [5.74, 6) is 1.47. The average Bonchev–Trinajstić information content (AvgIpc) is 2.41. The lowest BCUT2D eigenvalue weighted by molar-refractivity contribution is 0.161. The number of likely N-dealkylation sites (tertiary alicyclic amines) is 1. The minimum atomic E-state index is 0.728. The Hall–Kier alpha value is -0.810. The van der Waals surface area contributed by atoms with Gasteiger partial charge in [-0.3, -0.25) is 4.99 Å². The normalized spacial score (nSPS) is 21.2. The molecule has 1 aliphatic rings. The molecule has 19 heavy (non-hydrogen) atoms. The van der Waals surface area contributed by atoms with Crippen LogP contribution < -0.4 is 5.73 Å². The van der Waals surface area contributed by atoms with Gasteiger partial charge in [-0.25, -0.2) is 0 Å². The Bertz CT molecular complexity index is 270. The van der Waals surface area contributed by atoms with Crippen molar-refractivity contribution in [2.24, 2.45) is 16.6 Å². The fourth-order valence-corrected chi connectivity index (χ4v) is 2.39. The Morgan fingerprint density at radius 2 is 2.26 bits per heavy atom. The highest BCUT2D eigenvalue weighted by atomic mass is 16.5. The van der Waals surface area contributed by atoms with E-state index in [0.717, 1.165) is 57.6 Å². The number of methoxy groups -OCH3 is 1. The van der Waals surface area contributed by atoms with Gasteiger partial charge in [0.15, 0.2) is 5.96 Å². The molecule has 1 rings (SSSR count). The average molecular weight is 270 g/mol. The molecule has 1 atom stereocenters. The maximum Gasteiger partial charge on any atom is 0.191 e. The van der Waals surface area contributed by atoms with Gasteiger partial charge in [-0.15, -0.1) is 0 Å². The molecule has 2 N–H and O–H groups in total. The van der Waals surface area contributed by atoms with E-state index in [1.165, 1.54) is 12.8 Å². The third-order valence-corrected chi connectivity index (χ3v) is 3.63. The summed E-state index contributed by atoms with van der Waals surface area (Å²) in [4.78, 5) is 8.98. The largest absolute Gasteiger partial charge is 0.383 e. The monoisotopic (exact) mass is 270 g/mol. The number of guanidine groups is 1. The number of hydrogen-bond acceptors (Lipinski definition) is 3. The molecular formula is C14H30N4O. The highest BCUT2D eigenvalue weighted by Crippen LogP contribution is 2.14. The van der Waals surface area contributed by atoms with Gasteiger partial charge in [0.25, 0.3) is 0 Å². The quantitative estimate of drug-likeness (QED) is 0.426. The van der Waals surface area contributed by atoms with Crippen LogP contribution in [-0.2, 0) is 4.74 Å². The van der Waals surface area contributed by atoms with Crippen molar-refractivity contribution >= 4 is 5.96 Å². The molecule has 0 aromatic carbocycles. The third-order valence-electron chi connectivity index (χ3n) is 3.63. The van der Waals surface area contributed by atoms with Crippen LogP contribution in [0.2, 0.25) is 0 Å². The van der Waals surface area contributed by atoms with Gasteiger partial charge >= 0.3 is 0 Å². The summed E-state index contributed by atoms with van der Waals surface area (Å²) >= 11 is 0. The number of ether oxygens (including phenoxy) is 1. The fraction of sp³-hybridized carbons (Fsp3) is 0.929. The minimum absolute atomic E-state index is 0.728. The standard InChI is InChI=1S/C14H30N4O/c1-13-6-4-9-18(12-13)14(15)16-7-5-8-17(2)10-11-19-3/h13H,4-12H2,1-3H3,(H2,15,16). The highest BCUT2D eigenvalue weighted by Gasteiger charge is 2.17. The number of piperidine rings is 1. The van der Waals surface area contributed by atoms with E-state index in [4.69, 9.17) is 10.5 Å². The van der Waals surface area contributed by atoms with E-state index in [0.29, 0.717) is 0 Å². The van der Waals surface area contributed by atoms with Gasteiger partial charge in [-0.1, -0.05) is 6.92 Å². The minimum Gasteiger partial charge on any atom is -0.383 e. The molecule has 0 aromatic rings. The summed E-state index contributed by atoms with van der Waals surface area (Å²) in [6.45, 7) is 8.01. The molecule has 0 saturated carbocycles. The predicted molar refractivity (Wildman–Crippen MR) is 80.5 cm³/mol. The molecule has 1 aliphatic heterocycles. The van der Waals surface area contributed by atoms with Crippen molar-refractivity contribution in [3.05, 3.63) is 0 Å². The molecular weight excluding hydrogens is 240 g/mol. The van der Waals surface area contributed by atoms with Crippen molar-refractivity contribution < 1.29 is 4.74 Å². The summed E-state index contributed by atoms with van der Waals surface area (Å²) in [5.41, 5.74) is 6.05. The van der Waals surface area contributed by atoms with Gasteiger partial charge in [-0.2, -0.15) is 0 Å². The van der Waals surface area contributed by atoms with Crippen LogP contribution in [0.3, 0.4) is 0 Å². The Balaban J connectivity index is 2.17. The Morgan fingerprint density at radius 3 is 2.95 bits per heavy atom. The molecule has 1 fully saturated rings. The summed E-state index contributed by atoms with van der Waals surface area (Å²) in [6, 6.07) is 0. The van der Waals surface area contributed by atoms with Crippen molar-refractivity contribution in [1.82, 2.24) is 9.80 Å². The Morgan fingerprint density at radius 1 is 1.47 bits per heavy atom. The second kappa shape index (κ2) is 9.15. The number of aliphatic imine (C=N–C) groups is 1. The molecule has 1 unspecified atom stereocenters. The van der Waals surface area contributed by atoms with Crippen molar-refractivity contribution in [3.63, 3.8) is 0 Å². The number of hydrogen-bond donors (Lipinski definition) is 1. The summed E-state index contributed by atoms with van der Waals surface area (Å²) in [7, 11) is 3.84. The van der Waals surface area contributed by atoms with Gasteiger partial charge in [-0.05, 0) is 38.8 Å². The summed E-state index contributed by atoms with van der Waals surface area (Å²) in [5, 5.41) is 0. The van der Waals surface area contributed by atoms with Crippen molar-refractivity contribution in [2.45, 2.75) is 26.2 Å². The van der Waals surface area contributed by atoms with Crippen LogP contribution in [0, 0.1) is 5.92 Å². The van der Waals surface area contributed by atoms with E-state index in [1.807, 2.05) is 0 Å². The summed E-state index contributed by atoms with van der Waals surface area (Å²) in [6.07, 6.45) is 3.59. The zero-order valence-corrected chi connectivity index (χ0v) is 12.8. The van der Waals surface area contributed by atoms with Crippen LogP contribution >= 0.6 is 0 Å². The van der Waals surface area contributed by atoms with Gasteiger partial charge in [0.05, 0.1) is 6.61 Å². The first kappa shape index (κ1) is 16.2. The van der Waals surface area contributed by atoms with Crippen LogP contribution in [0.15, 0.2) is 4.99 Å². The Kier molecular flexibility index (Phi) is 7.82. The van der Waals surface area contributed by atoms with Crippen LogP contribution in [0.5, 0.6) is 0 Å². The molecule has 5 heteroatoms. The maximum atomic E-state index is 6.05. The van der Waals surface area contributed by atoms with E-state index in [9.17, 15) is 0 Å². The molecule has 1 saturated heterocycles. The molecule has 5 nitrogen and oxygen atoms in total. The second-order valence-corrected chi connectivity index (χ2v) is 5.58. The van der Waals surface area contributed by atoms with Crippen LogP contribution in [-0.4, -0.2) is 69.2 Å². The first-order chi connectivity index (χ1) is 9.13. The topological polar surface area (TPSA) is 54.1 Å². The highest BCUT2D eigenvalue weighted by molar-refractivity contribution is 5.78. The fourth-order valence-electron chi connectivity index (χ4n) is 2.39. The molecule has 0 radical (unpaired) electrons. The SMILES string of the molecule is COCCN(C)CCCN=C(N)N1CCCC(C)C1. The van der Waals surface area contributed by atoms with Gasteiger partial charge in [0.2, 0.25) is 0 Å². The van der Waals surface area contributed by atoms with Gasteiger partial charge in [0.1, 0.15) is 0 Å².